The highest BCUT2D eigenvalue weighted by molar-refractivity contribution is 6.35. The second-order valence-electron chi connectivity index (χ2n) is 24.0. The molecule has 414 valence electrons. The van der Waals surface area contributed by atoms with E-state index in [4.69, 9.17) is 19.9 Å². The Morgan fingerprint density at radius 3 is 1.22 bits per heavy atom. The number of fused-ring (bicyclic) bond motifs is 22. The summed E-state index contributed by atoms with van der Waals surface area (Å²) in [5.41, 5.74) is 21.4. The van der Waals surface area contributed by atoms with Crippen LogP contribution in [0.3, 0.4) is 0 Å². The van der Waals surface area contributed by atoms with Gasteiger partial charge >= 0.3 is 0 Å². The van der Waals surface area contributed by atoms with Gasteiger partial charge in [-0.05, 0) is 95.1 Å². The van der Waals surface area contributed by atoms with Crippen LogP contribution in [0.5, 0.6) is 0 Å². The molecule has 0 N–H and O–H groups in total. The molecule has 21 rings (SSSR count). The van der Waals surface area contributed by atoms with Gasteiger partial charge in [0.05, 0.1) is 77.6 Å². The van der Waals surface area contributed by atoms with Crippen LogP contribution in [-0.4, -0.2) is 37.9 Å². The lowest BCUT2D eigenvalue weighted by molar-refractivity contribution is 1.01. The molecule has 0 spiro atoms. The van der Waals surface area contributed by atoms with Crippen molar-refractivity contribution in [2.45, 2.75) is 0 Å². The number of benzene rings is 13. The highest BCUT2D eigenvalue weighted by Gasteiger charge is 2.27. The van der Waals surface area contributed by atoms with Crippen LogP contribution >= 0.6 is 0 Å². The lowest BCUT2D eigenvalue weighted by Gasteiger charge is -2.14. The molecule has 8 aromatic heterocycles. The summed E-state index contributed by atoms with van der Waals surface area (Å²) >= 11 is 0. The Balaban J connectivity index is 0.823. The smallest absolute Gasteiger partial charge is 0.235 e. The van der Waals surface area contributed by atoms with Crippen LogP contribution in [0.1, 0.15) is 0 Å². The van der Waals surface area contributed by atoms with Crippen LogP contribution in [-0.2, 0) is 0 Å². The molecule has 0 aliphatic carbocycles. The zero-order valence-electron chi connectivity index (χ0n) is 48.1. The van der Waals surface area contributed by atoms with E-state index in [1.54, 1.807) is 0 Å². The topological polar surface area (TPSA) is 70.2 Å². The number of aromatic nitrogens is 8. The Morgan fingerprint density at radius 1 is 0.200 bits per heavy atom. The van der Waals surface area contributed by atoms with Gasteiger partial charge in [-0.15, -0.1) is 0 Å². The normalized spacial score (nSPS) is 12.4. The molecule has 0 bridgehead atoms. The Hall–Kier alpha value is -12.3. The number of para-hydroxylation sites is 6. The van der Waals surface area contributed by atoms with Crippen molar-refractivity contribution in [3.05, 3.63) is 279 Å². The van der Waals surface area contributed by atoms with E-state index in [0.29, 0.717) is 11.9 Å². The number of hydrogen-bond donors (Lipinski definition) is 0. The summed E-state index contributed by atoms with van der Waals surface area (Å²) in [4.78, 5) is 22.3. The fourth-order valence-corrected chi connectivity index (χ4v) is 15.7. The van der Waals surface area contributed by atoms with Crippen molar-refractivity contribution < 1.29 is 0 Å². The van der Waals surface area contributed by atoms with Gasteiger partial charge < -0.3 is 8.80 Å². The summed E-state index contributed by atoms with van der Waals surface area (Å²) in [5, 5.41) is 16.5. The minimum Gasteiger partial charge on any atom is -0.308 e. The fraction of sp³-hybridized carbons (Fsp3) is 0. The number of hydrogen-bond acceptors (Lipinski definition) is 4. The van der Waals surface area contributed by atoms with E-state index in [2.05, 4.69) is 297 Å². The van der Waals surface area contributed by atoms with Gasteiger partial charge in [-0.2, -0.15) is 0 Å². The molecule has 0 radical (unpaired) electrons. The van der Waals surface area contributed by atoms with Crippen molar-refractivity contribution in [1.29, 1.82) is 0 Å². The molecule has 13 aromatic carbocycles. The molecule has 0 saturated carbocycles. The summed E-state index contributed by atoms with van der Waals surface area (Å²) in [6.07, 6.45) is 0. The number of rotatable bonds is 6. The first-order valence-corrected chi connectivity index (χ1v) is 30.7. The lowest BCUT2D eigenvalue weighted by Crippen LogP contribution is -2.03. The quantitative estimate of drug-likeness (QED) is 0.166. The van der Waals surface area contributed by atoms with Crippen LogP contribution in [0, 0.1) is 0 Å². The molecule has 8 nitrogen and oxygen atoms in total. The van der Waals surface area contributed by atoms with E-state index in [0.717, 1.165) is 105 Å². The van der Waals surface area contributed by atoms with E-state index in [-0.39, 0.29) is 0 Å². The van der Waals surface area contributed by atoms with Gasteiger partial charge in [0.15, 0.2) is 0 Å². The highest BCUT2D eigenvalue weighted by Crippen LogP contribution is 2.48. The van der Waals surface area contributed by atoms with Crippen LogP contribution in [0.2, 0.25) is 0 Å². The predicted molar refractivity (Wildman–Crippen MR) is 372 cm³/mol. The maximum atomic E-state index is 5.71. The van der Waals surface area contributed by atoms with Crippen molar-refractivity contribution in [1.82, 2.24) is 37.9 Å². The van der Waals surface area contributed by atoms with Gasteiger partial charge in [-0.25, -0.2) is 19.9 Å². The molecular weight excluding hydrogens is 1100 g/mol. The summed E-state index contributed by atoms with van der Waals surface area (Å²) in [5.74, 6) is 1.23. The van der Waals surface area contributed by atoms with E-state index in [1.807, 2.05) is 0 Å². The Morgan fingerprint density at radius 2 is 0.589 bits per heavy atom. The molecule has 0 saturated heterocycles. The van der Waals surface area contributed by atoms with Crippen LogP contribution in [0.15, 0.2) is 279 Å². The first-order chi connectivity index (χ1) is 44.7. The third-order valence-corrected chi connectivity index (χ3v) is 19.5. The van der Waals surface area contributed by atoms with Gasteiger partial charge in [0.1, 0.15) is 0 Å². The molecule has 21 aromatic rings. The maximum Gasteiger partial charge on any atom is 0.235 e. The summed E-state index contributed by atoms with van der Waals surface area (Å²) in [7, 11) is 0. The molecule has 90 heavy (non-hydrogen) atoms. The highest BCUT2D eigenvalue weighted by atomic mass is 15.2. The Labute approximate surface area is 512 Å². The molecule has 0 amide bonds. The predicted octanol–water partition coefficient (Wildman–Crippen LogP) is 20.7. The monoisotopic (exact) mass is 1140 g/mol. The van der Waals surface area contributed by atoms with Crippen molar-refractivity contribution in [2.24, 2.45) is 0 Å². The van der Waals surface area contributed by atoms with Crippen LogP contribution in [0.25, 0.3) is 198 Å². The lowest BCUT2D eigenvalue weighted by atomic mass is 9.97. The van der Waals surface area contributed by atoms with Gasteiger partial charge in [-0.1, -0.05) is 206 Å². The molecule has 8 heterocycles. The average Bonchev–Trinajstić information content (AvgIpc) is 1.53. The molecule has 8 heteroatoms. The summed E-state index contributed by atoms with van der Waals surface area (Å²) in [6.45, 7) is 0. The molecule has 0 unspecified atom stereocenters. The SMILES string of the molecule is c1ccc(-c2ccc(-c3nc(-n4c5ccccc5c5c6c7cccc8c9ccccc9n(c6ccc54)c87)nc4cc(-c5ccc6c(c5)c5c7c8cccc9c%10ccccc%10n(c7ccc5n6-c5nc(-c6ccccc6)c6ccccc6n5)c98)ccc34)cc2)cc1. The third-order valence-electron chi connectivity index (χ3n) is 19.5. The maximum absolute atomic E-state index is 5.71. The Bertz CT molecular complexity index is 6630. The van der Waals surface area contributed by atoms with E-state index < -0.39 is 0 Å². The molecule has 0 fully saturated rings. The summed E-state index contributed by atoms with van der Waals surface area (Å²) in [6, 6.07) is 101. The Kier molecular flexibility index (Phi) is 9.42. The molecular formula is C82H46N8. The molecule has 0 aliphatic heterocycles. The van der Waals surface area contributed by atoms with Gasteiger partial charge in [-0.3, -0.25) is 9.13 Å². The van der Waals surface area contributed by atoms with Crippen LogP contribution in [0.4, 0.5) is 0 Å². The largest absolute Gasteiger partial charge is 0.308 e. The van der Waals surface area contributed by atoms with Gasteiger partial charge in [0.25, 0.3) is 0 Å². The van der Waals surface area contributed by atoms with Gasteiger partial charge in [0.2, 0.25) is 11.9 Å². The van der Waals surface area contributed by atoms with Crippen molar-refractivity contribution in [3.63, 3.8) is 0 Å². The van der Waals surface area contributed by atoms with E-state index in [9.17, 15) is 0 Å². The average molecular weight is 1140 g/mol. The van der Waals surface area contributed by atoms with Gasteiger partial charge in [0, 0.05) is 86.5 Å². The molecule has 0 atom stereocenters. The molecule has 0 aliphatic rings. The first-order valence-electron chi connectivity index (χ1n) is 30.7. The second kappa shape index (κ2) is 17.7. The minimum atomic E-state index is 0.610. The van der Waals surface area contributed by atoms with E-state index >= 15 is 0 Å². The van der Waals surface area contributed by atoms with Crippen molar-refractivity contribution in [2.75, 3.05) is 0 Å². The summed E-state index contributed by atoms with van der Waals surface area (Å²) < 4.78 is 9.52. The third kappa shape index (κ3) is 6.37. The van der Waals surface area contributed by atoms with Crippen molar-refractivity contribution in [3.8, 4) is 56.7 Å². The fourth-order valence-electron chi connectivity index (χ4n) is 15.7. The number of nitrogens with zero attached hydrogens (tertiary/aromatic N) is 8. The standard InChI is InChI=1S/C82H46N8/c1-3-17-47(18-4-1)48-33-35-50(36-34-48)78-58-39-37-52(46-64(58)84-82(86-78)89-67-32-14-10-24-59(67)73-71(89)43-41-69-74(73)60-27-15-25-55-53-21-8-12-30-65(53)87(69)79(55)60)51-38-40-68-62(45-51)76-72(90(68)81-83-63-29-11-7-23-57(63)77(85-81)49-19-5-2-6-20-49)44-42-70-75(76)61-28-16-26-56-54-22-9-13-31-66(54)88(70)80(56)61/h1-46H. The zero-order valence-corrected chi connectivity index (χ0v) is 48.1. The minimum absolute atomic E-state index is 0.610. The van der Waals surface area contributed by atoms with Crippen molar-refractivity contribution >= 4 is 142 Å². The van der Waals surface area contributed by atoms with Crippen LogP contribution < -0.4 is 0 Å². The zero-order chi connectivity index (χ0) is 58.4. The first kappa shape index (κ1) is 47.9. The van der Waals surface area contributed by atoms with E-state index in [1.165, 1.54) is 81.6 Å². The second-order valence-corrected chi connectivity index (χ2v) is 24.0.